The second-order valence-electron chi connectivity index (χ2n) is 5.54. The molecule has 0 aliphatic carbocycles. The molecule has 4 N–H and O–H groups in total. The maximum absolute atomic E-state index is 5.27. The van der Waals surface area contributed by atoms with E-state index in [0.29, 0.717) is 10.2 Å². The Morgan fingerprint density at radius 3 is 1.40 bits per heavy atom. The molecule has 4 nitrogen and oxygen atoms in total. The van der Waals surface area contributed by atoms with Crippen LogP contribution < -0.4 is 21.3 Å². The van der Waals surface area contributed by atoms with E-state index in [-0.39, 0.29) is 0 Å². The van der Waals surface area contributed by atoms with Gasteiger partial charge in [-0.15, -0.1) is 0 Å². The number of hydrogen-bond donors (Lipinski definition) is 4. The zero-order chi connectivity index (χ0) is 17.7. The van der Waals surface area contributed by atoms with Crippen LogP contribution in [-0.4, -0.2) is 23.3 Å². The zero-order valence-corrected chi connectivity index (χ0v) is 15.8. The Balaban J connectivity index is 1.48. The first-order chi connectivity index (χ1) is 12.2. The van der Waals surface area contributed by atoms with Crippen LogP contribution in [0.4, 0.5) is 0 Å². The van der Waals surface area contributed by atoms with Gasteiger partial charge in [-0.25, -0.2) is 0 Å². The molecule has 0 aromatic heterocycles. The molecule has 0 spiro atoms. The minimum Gasteiger partial charge on any atom is -0.363 e. The van der Waals surface area contributed by atoms with Gasteiger partial charge in [0.15, 0.2) is 10.2 Å². The third kappa shape index (κ3) is 8.47. The Labute approximate surface area is 160 Å². The highest BCUT2D eigenvalue weighted by atomic mass is 32.1. The fourth-order valence-electron chi connectivity index (χ4n) is 2.17. The number of hydrogen-bond acceptors (Lipinski definition) is 2. The maximum Gasteiger partial charge on any atom is 0.166 e. The van der Waals surface area contributed by atoms with Crippen LogP contribution in [0, 0.1) is 0 Å². The van der Waals surface area contributed by atoms with Crippen LogP contribution in [0.3, 0.4) is 0 Å². The minimum atomic E-state index is 0.675. The molecule has 0 saturated carbocycles. The van der Waals surface area contributed by atoms with Gasteiger partial charge in [-0.05, 0) is 42.0 Å². The second-order valence-corrected chi connectivity index (χ2v) is 6.36. The van der Waals surface area contributed by atoms with Crippen LogP contribution in [-0.2, 0) is 13.1 Å². The predicted octanol–water partition coefficient (Wildman–Crippen LogP) is 2.71. The Kier molecular flexibility index (Phi) is 8.72. The van der Waals surface area contributed by atoms with E-state index in [1.54, 1.807) is 0 Å². The lowest BCUT2D eigenvalue weighted by Crippen LogP contribution is -2.38. The third-order valence-electron chi connectivity index (χ3n) is 3.52. The van der Waals surface area contributed by atoms with Crippen molar-refractivity contribution < 1.29 is 0 Å². The highest BCUT2D eigenvalue weighted by Crippen LogP contribution is 1.97. The van der Waals surface area contributed by atoms with Crippen LogP contribution in [0.15, 0.2) is 60.7 Å². The van der Waals surface area contributed by atoms with Gasteiger partial charge < -0.3 is 21.3 Å². The summed E-state index contributed by atoms with van der Waals surface area (Å²) in [6, 6.07) is 20.4. The molecule has 0 aliphatic rings. The summed E-state index contributed by atoms with van der Waals surface area (Å²) in [6.45, 7) is 3.07. The molecule has 0 radical (unpaired) electrons. The molecule has 0 atom stereocenters. The molecule has 0 bridgehead atoms. The molecule has 0 saturated heterocycles. The summed E-state index contributed by atoms with van der Waals surface area (Å²) in [5.74, 6) is 0. The zero-order valence-electron chi connectivity index (χ0n) is 14.1. The number of benzene rings is 2. The lowest BCUT2D eigenvalue weighted by Gasteiger charge is -2.12. The van der Waals surface area contributed by atoms with Gasteiger partial charge in [-0.3, -0.25) is 0 Å². The van der Waals surface area contributed by atoms with Gasteiger partial charge in [0.1, 0.15) is 0 Å². The van der Waals surface area contributed by atoms with Crippen LogP contribution in [0.2, 0.25) is 0 Å². The molecule has 0 aliphatic heterocycles. The van der Waals surface area contributed by atoms with Crippen molar-refractivity contribution in [1.82, 2.24) is 21.3 Å². The van der Waals surface area contributed by atoms with E-state index in [0.717, 1.165) is 32.6 Å². The molecule has 132 valence electrons. The molecule has 0 heterocycles. The standard InChI is InChI=1S/C19H24N4S2/c24-18(22-14-16-8-3-1-4-9-16)20-12-7-13-21-19(25)23-15-17-10-5-2-6-11-17/h1-6,8-11H,7,12-15H2,(H2,20,22,24)(H2,21,23,25). The summed E-state index contributed by atoms with van der Waals surface area (Å²) in [5.41, 5.74) is 2.42. The molecule has 6 heteroatoms. The Morgan fingerprint density at radius 2 is 1.00 bits per heavy atom. The third-order valence-corrected chi connectivity index (χ3v) is 4.09. The average Bonchev–Trinajstić information content (AvgIpc) is 2.66. The largest absolute Gasteiger partial charge is 0.363 e. The SMILES string of the molecule is S=C(NCCCNC(=S)NCc1ccccc1)NCc1ccccc1. The first-order valence-electron chi connectivity index (χ1n) is 8.35. The quantitative estimate of drug-likeness (QED) is 0.422. The Hall–Kier alpha value is -2.18. The number of nitrogens with one attached hydrogen (secondary N) is 4. The number of thiocarbonyl (C=S) groups is 2. The molecule has 0 amide bonds. The molecule has 0 unspecified atom stereocenters. The molecular formula is C19H24N4S2. The van der Waals surface area contributed by atoms with Gasteiger partial charge in [-0.1, -0.05) is 60.7 Å². The second kappa shape index (κ2) is 11.4. The summed E-state index contributed by atoms with van der Waals surface area (Å²) >= 11 is 10.5. The van der Waals surface area contributed by atoms with E-state index in [2.05, 4.69) is 45.5 Å². The highest BCUT2D eigenvalue weighted by Gasteiger charge is 1.98. The van der Waals surface area contributed by atoms with E-state index in [4.69, 9.17) is 24.4 Å². The topological polar surface area (TPSA) is 48.1 Å². The average molecular weight is 373 g/mol. The van der Waals surface area contributed by atoms with Crippen molar-refractivity contribution in [3.8, 4) is 0 Å². The fourth-order valence-corrected chi connectivity index (χ4v) is 2.52. The lowest BCUT2D eigenvalue weighted by molar-refractivity contribution is 0.720. The molecule has 2 rings (SSSR count). The van der Waals surface area contributed by atoms with Gasteiger partial charge in [0, 0.05) is 26.2 Å². The lowest BCUT2D eigenvalue weighted by atomic mass is 10.2. The molecular weight excluding hydrogens is 348 g/mol. The van der Waals surface area contributed by atoms with Gasteiger partial charge in [0.2, 0.25) is 0 Å². The molecule has 0 fully saturated rings. The van der Waals surface area contributed by atoms with Crippen LogP contribution >= 0.6 is 24.4 Å². The van der Waals surface area contributed by atoms with Crippen molar-refractivity contribution >= 4 is 34.7 Å². The first-order valence-corrected chi connectivity index (χ1v) is 9.17. The fraction of sp³-hybridized carbons (Fsp3) is 0.263. The van der Waals surface area contributed by atoms with E-state index in [1.807, 2.05) is 36.4 Å². The smallest absolute Gasteiger partial charge is 0.166 e. The van der Waals surface area contributed by atoms with E-state index in [1.165, 1.54) is 11.1 Å². The van der Waals surface area contributed by atoms with Crippen LogP contribution in [0.1, 0.15) is 17.5 Å². The van der Waals surface area contributed by atoms with Crippen molar-refractivity contribution in [2.45, 2.75) is 19.5 Å². The van der Waals surface area contributed by atoms with Gasteiger partial charge in [0.25, 0.3) is 0 Å². The van der Waals surface area contributed by atoms with Crippen molar-refractivity contribution in [2.75, 3.05) is 13.1 Å². The van der Waals surface area contributed by atoms with Gasteiger partial charge >= 0.3 is 0 Å². The summed E-state index contributed by atoms with van der Waals surface area (Å²) < 4.78 is 0. The van der Waals surface area contributed by atoms with Crippen molar-refractivity contribution in [3.63, 3.8) is 0 Å². The summed E-state index contributed by atoms with van der Waals surface area (Å²) in [7, 11) is 0. The Bertz CT molecular complexity index is 589. The highest BCUT2D eigenvalue weighted by molar-refractivity contribution is 7.80. The predicted molar refractivity (Wildman–Crippen MR) is 112 cm³/mol. The molecule has 2 aromatic rings. The monoisotopic (exact) mass is 372 g/mol. The van der Waals surface area contributed by atoms with E-state index < -0.39 is 0 Å². The summed E-state index contributed by atoms with van der Waals surface area (Å²) in [6.07, 6.45) is 0.931. The van der Waals surface area contributed by atoms with Crippen molar-refractivity contribution in [2.24, 2.45) is 0 Å². The Morgan fingerprint density at radius 1 is 0.600 bits per heavy atom. The number of rotatable bonds is 8. The van der Waals surface area contributed by atoms with E-state index >= 15 is 0 Å². The van der Waals surface area contributed by atoms with Gasteiger partial charge in [0.05, 0.1) is 0 Å². The van der Waals surface area contributed by atoms with Crippen LogP contribution in [0.5, 0.6) is 0 Å². The normalized spacial score (nSPS) is 9.92. The minimum absolute atomic E-state index is 0.675. The van der Waals surface area contributed by atoms with Crippen LogP contribution in [0.25, 0.3) is 0 Å². The summed E-state index contributed by atoms with van der Waals surface area (Å²) in [5, 5.41) is 14.1. The summed E-state index contributed by atoms with van der Waals surface area (Å²) in [4.78, 5) is 0. The van der Waals surface area contributed by atoms with E-state index in [9.17, 15) is 0 Å². The van der Waals surface area contributed by atoms with Gasteiger partial charge in [-0.2, -0.15) is 0 Å². The maximum atomic E-state index is 5.27. The van der Waals surface area contributed by atoms with Crippen molar-refractivity contribution in [3.05, 3.63) is 71.8 Å². The molecule has 25 heavy (non-hydrogen) atoms. The molecule has 2 aromatic carbocycles. The first kappa shape index (κ1) is 19.1. The van der Waals surface area contributed by atoms with Crippen molar-refractivity contribution in [1.29, 1.82) is 0 Å².